The van der Waals surface area contributed by atoms with Crippen molar-refractivity contribution in [2.45, 2.75) is 59.8 Å². The zero-order valence-electron chi connectivity index (χ0n) is 11.5. The Morgan fingerprint density at radius 2 is 2.00 bits per heavy atom. The maximum absolute atomic E-state index is 9.72. The first-order valence-corrected chi connectivity index (χ1v) is 7.42. The van der Waals surface area contributed by atoms with Crippen molar-refractivity contribution in [2.24, 2.45) is 5.41 Å². The number of hydrogen-bond acceptors (Lipinski definition) is 3. The van der Waals surface area contributed by atoms with E-state index in [1.807, 2.05) is 0 Å². The average Bonchev–Trinajstić information content (AvgIpc) is 2.64. The maximum Gasteiger partial charge on any atom is 0.0937 e. The van der Waals surface area contributed by atoms with Gasteiger partial charge in [-0.3, -0.25) is 0 Å². The van der Waals surface area contributed by atoms with Gasteiger partial charge in [0, 0.05) is 17.9 Å². The summed E-state index contributed by atoms with van der Waals surface area (Å²) in [6.07, 6.45) is 5.45. The van der Waals surface area contributed by atoms with Crippen LogP contribution in [0.5, 0.6) is 0 Å². The van der Waals surface area contributed by atoms with Gasteiger partial charge in [0.05, 0.1) is 10.7 Å². The molecule has 0 aromatic carbocycles. The molecule has 0 saturated heterocycles. The Bertz CT molecular complexity index is 322. The van der Waals surface area contributed by atoms with Crippen molar-refractivity contribution >= 4 is 11.3 Å². The molecule has 0 fully saturated rings. The lowest BCUT2D eigenvalue weighted by molar-refractivity contribution is 0.107. The van der Waals surface area contributed by atoms with Crippen LogP contribution in [-0.2, 0) is 6.42 Å². The van der Waals surface area contributed by atoms with Gasteiger partial charge < -0.3 is 5.11 Å². The number of aromatic nitrogens is 1. The topological polar surface area (TPSA) is 33.1 Å². The minimum atomic E-state index is 0.0484. The molecule has 1 unspecified atom stereocenters. The molecule has 0 aliphatic heterocycles. The van der Waals surface area contributed by atoms with Crippen LogP contribution in [0.1, 0.15) is 55.1 Å². The number of aryl methyl sites for hydroxylation is 2. The Morgan fingerprint density at radius 1 is 1.29 bits per heavy atom. The minimum Gasteiger partial charge on any atom is -0.396 e. The van der Waals surface area contributed by atoms with Crippen LogP contribution in [0, 0.1) is 19.3 Å². The lowest BCUT2D eigenvalue weighted by atomic mass is 9.78. The molecular formula is C14H25NOS. The fraction of sp³-hybridized carbons (Fsp3) is 0.786. The summed E-state index contributed by atoms with van der Waals surface area (Å²) in [5, 5.41) is 10.9. The third kappa shape index (κ3) is 3.78. The van der Waals surface area contributed by atoms with Crippen LogP contribution in [-0.4, -0.2) is 16.7 Å². The fourth-order valence-corrected chi connectivity index (χ4v) is 3.23. The summed E-state index contributed by atoms with van der Waals surface area (Å²) in [5.41, 5.74) is 1.19. The molecule has 98 valence electrons. The lowest BCUT2D eigenvalue weighted by Crippen LogP contribution is -2.27. The second-order valence-corrected chi connectivity index (χ2v) is 6.33. The van der Waals surface area contributed by atoms with E-state index in [9.17, 15) is 5.11 Å². The van der Waals surface area contributed by atoms with E-state index in [-0.39, 0.29) is 12.0 Å². The Hall–Kier alpha value is -0.410. The largest absolute Gasteiger partial charge is 0.396 e. The summed E-state index contributed by atoms with van der Waals surface area (Å²) in [5.74, 6) is 0. The van der Waals surface area contributed by atoms with E-state index in [1.165, 1.54) is 22.7 Å². The molecule has 1 N–H and O–H groups in total. The smallest absolute Gasteiger partial charge is 0.0937 e. The Labute approximate surface area is 109 Å². The number of nitrogens with zero attached hydrogens (tertiary/aromatic N) is 1. The Balaban J connectivity index is 2.78. The van der Waals surface area contributed by atoms with Gasteiger partial charge in [-0.25, -0.2) is 4.98 Å². The van der Waals surface area contributed by atoms with E-state index in [0.717, 1.165) is 25.0 Å². The molecule has 0 aliphatic rings. The number of hydrogen-bond donors (Lipinski definition) is 1. The van der Waals surface area contributed by atoms with E-state index in [2.05, 4.69) is 32.7 Å². The van der Waals surface area contributed by atoms with Gasteiger partial charge >= 0.3 is 0 Å². The van der Waals surface area contributed by atoms with Gasteiger partial charge in [0.2, 0.25) is 0 Å². The monoisotopic (exact) mass is 255 g/mol. The van der Waals surface area contributed by atoms with Crippen LogP contribution in [0.25, 0.3) is 0 Å². The quantitative estimate of drug-likeness (QED) is 0.802. The molecule has 0 saturated carbocycles. The minimum absolute atomic E-state index is 0.0484. The summed E-state index contributed by atoms with van der Waals surface area (Å²) in [6.45, 7) is 8.85. The molecule has 17 heavy (non-hydrogen) atoms. The summed E-state index contributed by atoms with van der Waals surface area (Å²) in [4.78, 5) is 5.91. The van der Waals surface area contributed by atoms with Crippen molar-refractivity contribution < 1.29 is 5.11 Å². The van der Waals surface area contributed by atoms with Crippen LogP contribution >= 0.6 is 11.3 Å². The molecule has 1 atom stereocenters. The predicted molar refractivity (Wildman–Crippen MR) is 74.6 cm³/mol. The van der Waals surface area contributed by atoms with Crippen molar-refractivity contribution in [1.82, 2.24) is 4.98 Å². The summed E-state index contributed by atoms with van der Waals surface area (Å²) in [7, 11) is 0. The predicted octanol–water partition coefficient (Wildman–Crippen LogP) is 3.88. The zero-order chi connectivity index (χ0) is 12.9. The molecule has 0 aliphatic carbocycles. The molecule has 1 heterocycles. The first-order valence-electron chi connectivity index (χ1n) is 6.60. The molecule has 0 amide bonds. The molecular weight excluding hydrogens is 230 g/mol. The van der Waals surface area contributed by atoms with Crippen molar-refractivity contribution in [3.8, 4) is 0 Å². The highest BCUT2D eigenvalue weighted by atomic mass is 32.1. The molecule has 3 heteroatoms. The molecule has 0 spiro atoms. The lowest BCUT2D eigenvalue weighted by Gasteiger charge is -2.29. The second-order valence-electron chi connectivity index (χ2n) is 5.04. The summed E-state index contributed by atoms with van der Waals surface area (Å²) < 4.78 is 0. The highest BCUT2D eigenvalue weighted by Gasteiger charge is 2.28. The third-order valence-electron chi connectivity index (χ3n) is 3.75. The zero-order valence-corrected chi connectivity index (χ0v) is 12.4. The van der Waals surface area contributed by atoms with E-state index >= 15 is 0 Å². The molecule has 2 nitrogen and oxygen atoms in total. The second kappa shape index (κ2) is 6.50. The first kappa shape index (κ1) is 14.7. The van der Waals surface area contributed by atoms with Crippen molar-refractivity contribution in [1.29, 1.82) is 0 Å². The van der Waals surface area contributed by atoms with Gasteiger partial charge in [-0.1, -0.05) is 26.7 Å². The number of thiazole rings is 1. The molecule has 1 aromatic heterocycles. The number of aliphatic hydroxyl groups is 1. The van der Waals surface area contributed by atoms with Crippen molar-refractivity contribution in [2.75, 3.05) is 6.61 Å². The molecule has 0 radical (unpaired) electrons. The summed E-state index contributed by atoms with van der Waals surface area (Å²) >= 11 is 1.78. The van der Waals surface area contributed by atoms with E-state index in [4.69, 9.17) is 0 Å². The van der Waals surface area contributed by atoms with E-state index < -0.39 is 0 Å². The van der Waals surface area contributed by atoms with Crippen LogP contribution in [0.2, 0.25) is 0 Å². The molecule has 1 aromatic rings. The number of unbranched alkanes of at least 4 members (excludes halogenated alkanes) is 1. The first-order chi connectivity index (χ1) is 8.06. The maximum atomic E-state index is 9.72. The standard InChI is InChI=1S/C14H25NOS/c1-5-7-8-14(6-2,10-16)9-13-15-11(3)12(4)17-13/h16H,5-10H2,1-4H3. The number of rotatable bonds is 7. The SMILES string of the molecule is CCCCC(CC)(CO)Cc1nc(C)c(C)s1. The molecule has 0 bridgehead atoms. The summed E-state index contributed by atoms with van der Waals surface area (Å²) in [6, 6.07) is 0. The van der Waals surface area contributed by atoms with Crippen LogP contribution in [0.15, 0.2) is 0 Å². The van der Waals surface area contributed by atoms with Gasteiger partial charge in [0.1, 0.15) is 0 Å². The Kier molecular flexibility index (Phi) is 5.60. The Morgan fingerprint density at radius 3 is 2.41 bits per heavy atom. The van der Waals surface area contributed by atoms with Crippen molar-refractivity contribution in [3.63, 3.8) is 0 Å². The third-order valence-corrected chi connectivity index (χ3v) is 4.82. The molecule has 1 rings (SSSR count). The van der Waals surface area contributed by atoms with Gasteiger partial charge in [-0.2, -0.15) is 0 Å². The highest BCUT2D eigenvalue weighted by Crippen LogP contribution is 2.34. The van der Waals surface area contributed by atoms with Crippen molar-refractivity contribution in [3.05, 3.63) is 15.6 Å². The van der Waals surface area contributed by atoms with E-state index in [1.54, 1.807) is 11.3 Å². The van der Waals surface area contributed by atoms with Gasteiger partial charge in [0.15, 0.2) is 0 Å². The van der Waals surface area contributed by atoms with Gasteiger partial charge in [-0.15, -0.1) is 11.3 Å². The average molecular weight is 255 g/mol. The van der Waals surface area contributed by atoms with Crippen LogP contribution in [0.3, 0.4) is 0 Å². The normalized spacial score (nSPS) is 14.9. The van der Waals surface area contributed by atoms with Crippen LogP contribution < -0.4 is 0 Å². The van der Waals surface area contributed by atoms with Gasteiger partial charge in [-0.05, 0) is 32.1 Å². The van der Waals surface area contributed by atoms with Gasteiger partial charge in [0.25, 0.3) is 0 Å². The fourth-order valence-electron chi connectivity index (χ4n) is 2.12. The highest BCUT2D eigenvalue weighted by molar-refractivity contribution is 7.11. The number of aliphatic hydroxyl groups excluding tert-OH is 1. The van der Waals surface area contributed by atoms with E-state index in [0.29, 0.717) is 0 Å². The van der Waals surface area contributed by atoms with Crippen LogP contribution in [0.4, 0.5) is 0 Å².